The minimum absolute atomic E-state index is 0.000543. The number of nitrogens with zero attached hydrogens (tertiary/aromatic N) is 1. The number of anilines is 1. The zero-order valence-corrected chi connectivity index (χ0v) is 20.4. The van der Waals surface area contributed by atoms with Crippen LogP contribution in [-0.2, 0) is 16.0 Å². The summed E-state index contributed by atoms with van der Waals surface area (Å²) in [6.45, 7) is 8.26. The van der Waals surface area contributed by atoms with Crippen LogP contribution in [0.15, 0.2) is 48.5 Å². The Morgan fingerprint density at radius 3 is 2.26 bits per heavy atom. The molecule has 6 nitrogen and oxygen atoms in total. The largest absolute Gasteiger partial charge is 0.495 e. The normalized spacial score (nSPS) is 15.9. The molecule has 1 aliphatic heterocycles. The fourth-order valence-corrected chi connectivity index (χ4v) is 4.55. The molecule has 178 valence electrons. The van der Waals surface area contributed by atoms with Gasteiger partial charge in [-0.1, -0.05) is 43.3 Å². The Labute approximate surface area is 200 Å². The van der Waals surface area contributed by atoms with Crippen molar-refractivity contribution in [1.29, 1.82) is 0 Å². The highest BCUT2D eigenvalue weighted by atomic mass is 16.5. The standard InChI is InChI=1S/C28H31NO5/c1-6-17(3)34-27-22-11-9-8-10-21(22)26(32-5)25-24(27)18(4)29(28(25)31)20-14-12-19(13-15-20)16-23(30)33-7-2/h8-15,17-18H,6-7,16H2,1-5H3. The smallest absolute Gasteiger partial charge is 0.310 e. The number of benzene rings is 3. The van der Waals surface area contributed by atoms with E-state index < -0.39 is 0 Å². The van der Waals surface area contributed by atoms with Crippen LogP contribution in [0.1, 0.15) is 61.6 Å². The molecule has 2 unspecified atom stereocenters. The van der Waals surface area contributed by atoms with Gasteiger partial charge in [-0.2, -0.15) is 0 Å². The van der Waals surface area contributed by atoms with Gasteiger partial charge in [0.2, 0.25) is 0 Å². The van der Waals surface area contributed by atoms with Crippen LogP contribution in [0, 0.1) is 0 Å². The molecule has 0 aliphatic carbocycles. The Balaban J connectivity index is 1.80. The van der Waals surface area contributed by atoms with Crippen LogP contribution >= 0.6 is 0 Å². The highest BCUT2D eigenvalue weighted by Crippen LogP contribution is 2.50. The van der Waals surface area contributed by atoms with E-state index in [-0.39, 0.29) is 30.4 Å². The van der Waals surface area contributed by atoms with Gasteiger partial charge >= 0.3 is 5.97 Å². The molecule has 6 heteroatoms. The van der Waals surface area contributed by atoms with Crippen molar-refractivity contribution in [2.75, 3.05) is 18.6 Å². The second-order valence-corrected chi connectivity index (χ2v) is 8.53. The Kier molecular flexibility index (Phi) is 6.77. The minimum atomic E-state index is -0.267. The summed E-state index contributed by atoms with van der Waals surface area (Å²) in [6.07, 6.45) is 1.05. The quantitative estimate of drug-likeness (QED) is 0.394. The summed E-state index contributed by atoms with van der Waals surface area (Å²) in [5, 5.41) is 1.79. The fraction of sp³-hybridized carbons (Fsp3) is 0.357. The van der Waals surface area contributed by atoms with E-state index in [1.165, 1.54) is 0 Å². The van der Waals surface area contributed by atoms with Crippen LogP contribution in [0.2, 0.25) is 0 Å². The van der Waals surface area contributed by atoms with Crippen molar-refractivity contribution < 1.29 is 23.8 Å². The third kappa shape index (κ3) is 4.09. The van der Waals surface area contributed by atoms with Gasteiger partial charge in [-0.25, -0.2) is 0 Å². The van der Waals surface area contributed by atoms with E-state index in [1.54, 1.807) is 18.9 Å². The van der Waals surface area contributed by atoms with Crippen molar-refractivity contribution >= 4 is 28.3 Å². The lowest BCUT2D eigenvalue weighted by Crippen LogP contribution is -2.26. The Hall–Kier alpha value is -3.54. The van der Waals surface area contributed by atoms with Crippen molar-refractivity contribution in [2.45, 2.75) is 52.7 Å². The third-order valence-electron chi connectivity index (χ3n) is 6.36. The van der Waals surface area contributed by atoms with Gasteiger partial charge in [0.1, 0.15) is 11.5 Å². The van der Waals surface area contributed by atoms with Crippen molar-refractivity contribution in [1.82, 2.24) is 0 Å². The van der Waals surface area contributed by atoms with E-state index in [4.69, 9.17) is 14.2 Å². The van der Waals surface area contributed by atoms with Crippen LogP contribution in [0.4, 0.5) is 5.69 Å². The second-order valence-electron chi connectivity index (χ2n) is 8.53. The first-order valence-electron chi connectivity index (χ1n) is 11.8. The number of rotatable bonds is 8. The lowest BCUT2D eigenvalue weighted by atomic mass is 9.96. The van der Waals surface area contributed by atoms with Crippen LogP contribution in [-0.4, -0.2) is 31.7 Å². The Morgan fingerprint density at radius 1 is 1.03 bits per heavy atom. The predicted molar refractivity (Wildman–Crippen MR) is 133 cm³/mol. The maximum Gasteiger partial charge on any atom is 0.310 e. The van der Waals surface area contributed by atoms with Gasteiger partial charge in [-0.15, -0.1) is 0 Å². The van der Waals surface area contributed by atoms with E-state index in [1.807, 2.05) is 62.4 Å². The number of hydrogen-bond acceptors (Lipinski definition) is 5. The Morgan fingerprint density at radius 2 is 1.68 bits per heavy atom. The van der Waals surface area contributed by atoms with Crippen LogP contribution in [0.5, 0.6) is 11.5 Å². The molecule has 0 spiro atoms. The highest BCUT2D eigenvalue weighted by molar-refractivity contribution is 6.17. The van der Waals surface area contributed by atoms with Gasteiger partial charge < -0.3 is 19.1 Å². The lowest BCUT2D eigenvalue weighted by molar-refractivity contribution is -0.142. The SMILES string of the molecule is CCOC(=O)Cc1ccc(N2C(=O)c3c(c(OC(C)CC)c4ccccc4c3OC)C2C)cc1. The average molecular weight is 462 g/mol. The maximum absolute atomic E-state index is 13.8. The van der Waals surface area contributed by atoms with E-state index in [2.05, 4.69) is 6.92 Å². The molecule has 0 saturated heterocycles. The molecule has 0 radical (unpaired) electrons. The molecule has 4 rings (SSSR count). The van der Waals surface area contributed by atoms with Crippen molar-refractivity contribution in [3.63, 3.8) is 0 Å². The van der Waals surface area contributed by atoms with E-state index in [0.717, 1.165) is 39.8 Å². The molecule has 34 heavy (non-hydrogen) atoms. The number of methoxy groups -OCH3 is 1. The average Bonchev–Trinajstić information content (AvgIpc) is 3.10. The lowest BCUT2D eigenvalue weighted by Gasteiger charge is -2.24. The molecule has 0 saturated carbocycles. The third-order valence-corrected chi connectivity index (χ3v) is 6.36. The summed E-state index contributed by atoms with van der Waals surface area (Å²) in [7, 11) is 1.60. The van der Waals surface area contributed by atoms with Crippen LogP contribution < -0.4 is 14.4 Å². The number of carbonyl (C=O) groups excluding carboxylic acids is 2. The first kappa shape index (κ1) is 23.6. The zero-order valence-electron chi connectivity index (χ0n) is 20.4. The molecule has 3 aromatic carbocycles. The van der Waals surface area contributed by atoms with E-state index >= 15 is 0 Å². The minimum Gasteiger partial charge on any atom is -0.495 e. The molecule has 0 bridgehead atoms. The molecule has 0 aromatic heterocycles. The number of carbonyl (C=O) groups is 2. The van der Waals surface area contributed by atoms with Gasteiger partial charge in [-0.3, -0.25) is 9.59 Å². The van der Waals surface area contributed by atoms with Gasteiger partial charge in [0.15, 0.2) is 0 Å². The predicted octanol–water partition coefficient (Wildman–Crippen LogP) is 5.85. The van der Waals surface area contributed by atoms with Crippen molar-refractivity contribution in [3.8, 4) is 11.5 Å². The number of esters is 1. The first-order valence-corrected chi connectivity index (χ1v) is 11.8. The fourth-order valence-electron chi connectivity index (χ4n) is 4.55. The molecule has 3 aromatic rings. The topological polar surface area (TPSA) is 65.1 Å². The Bertz CT molecular complexity index is 1220. The second kappa shape index (κ2) is 9.75. The number of ether oxygens (including phenoxy) is 3. The van der Waals surface area contributed by atoms with Crippen molar-refractivity contribution in [2.24, 2.45) is 0 Å². The molecule has 1 amide bonds. The van der Waals surface area contributed by atoms with Gasteiger partial charge in [0.05, 0.1) is 37.8 Å². The molecular weight excluding hydrogens is 430 g/mol. The van der Waals surface area contributed by atoms with Gasteiger partial charge in [-0.05, 0) is 44.9 Å². The number of hydrogen-bond donors (Lipinski definition) is 0. The van der Waals surface area contributed by atoms with E-state index in [0.29, 0.717) is 17.9 Å². The maximum atomic E-state index is 13.8. The molecular formula is C28H31NO5. The molecule has 2 atom stereocenters. The molecule has 0 fully saturated rings. The van der Waals surface area contributed by atoms with Gasteiger partial charge in [0, 0.05) is 22.0 Å². The van der Waals surface area contributed by atoms with Crippen LogP contribution in [0.25, 0.3) is 10.8 Å². The summed E-state index contributed by atoms with van der Waals surface area (Å²) in [5.74, 6) is 0.914. The van der Waals surface area contributed by atoms with E-state index in [9.17, 15) is 9.59 Å². The highest BCUT2D eigenvalue weighted by Gasteiger charge is 2.41. The zero-order chi connectivity index (χ0) is 24.4. The molecule has 1 aliphatic rings. The van der Waals surface area contributed by atoms with Crippen LogP contribution in [0.3, 0.4) is 0 Å². The number of amides is 1. The molecule has 0 N–H and O–H groups in total. The number of fused-ring (bicyclic) bond motifs is 2. The summed E-state index contributed by atoms with van der Waals surface area (Å²) in [4.78, 5) is 27.4. The van der Waals surface area contributed by atoms with Gasteiger partial charge in [0.25, 0.3) is 5.91 Å². The summed E-state index contributed by atoms with van der Waals surface area (Å²) >= 11 is 0. The summed E-state index contributed by atoms with van der Waals surface area (Å²) < 4.78 is 17.3. The first-order chi connectivity index (χ1) is 16.4. The molecule has 1 heterocycles. The summed E-state index contributed by atoms with van der Waals surface area (Å²) in [6, 6.07) is 15.1. The summed E-state index contributed by atoms with van der Waals surface area (Å²) in [5.41, 5.74) is 2.98. The van der Waals surface area contributed by atoms with Crippen molar-refractivity contribution in [3.05, 3.63) is 65.2 Å². The monoisotopic (exact) mass is 461 g/mol.